The molecule has 0 N–H and O–H groups in total. The van der Waals surface area contributed by atoms with E-state index in [2.05, 4.69) is 0 Å². The molecule has 1 unspecified atom stereocenters. The molecule has 0 saturated heterocycles. The maximum Gasteiger partial charge on any atom is 0.303 e. The molecule has 0 aliphatic heterocycles. The van der Waals surface area contributed by atoms with E-state index >= 15 is 0 Å². The maximum absolute atomic E-state index is 11.0. The van der Waals surface area contributed by atoms with E-state index in [1.807, 2.05) is 30.3 Å². The van der Waals surface area contributed by atoms with E-state index in [9.17, 15) is 9.59 Å². The van der Waals surface area contributed by atoms with Gasteiger partial charge in [0.15, 0.2) is 0 Å². The third-order valence-electron chi connectivity index (χ3n) is 2.16. The Labute approximate surface area is 101 Å². The summed E-state index contributed by atoms with van der Waals surface area (Å²) in [4.78, 5) is 21.6. The van der Waals surface area contributed by atoms with Gasteiger partial charge in [0.25, 0.3) is 0 Å². The Hall–Kier alpha value is -1.84. The molecule has 1 aromatic carbocycles. The van der Waals surface area contributed by atoms with Crippen LogP contribution in [0.1, 0.15) is 31.9 Å². The third-order valence-corrected chi connectivity index (χ3v) is 2.16. The molecule has 0 aliphatic carbocycles. The minimum atomic E-state index is -0.368. The summed E-state index contributed by atoms with van der Waals surface area (Å²) in [5.41, 5.74) is 0.898. The Morgan fingerprint density at radius 3 is 2.29 bits per heavy atom. The summed E-state index contributed by atoms with van der Waals surface area (Å²) >= 11 is 0. The van der Waals surface area contributed by atoms with Crippen molar-refractivity contribution in [1.82, 2.24) is 0 Å². The summed E-state index contributed by atoms with van der Waals surface area (Å²) in [5.74, 6) is -0.679. The van der Waals surface area contributed by atoms with E-state index in [0.29, 0.717) is 6.42 Å². The fourth-order valence-corrected chi connectivity index (χ4v) is 1.47. The molecule has 1 aromatic rings. The first-order valence-electron chi connectivity index (χ1n) is 5.45. The molecular formula is C13H16O4. The summed E-state index contributed by atoms with van der Waals surface area (Å²) in [6, 6.07) is 9.39. The van der Waals surface area contributed by atoms with Crippen LogP contribution < -0.4 is 0 Å². The lowest BCUT2D eigenvalue weighted by molar-refractivity contribution is -0.149. The SMILES string of the molecule is CC(=O)OCCC(OC(C)=O)c1ccccc1. The van der Waals surface area contributed by atoms with Gasteiger partial charge in [-0.25, -0.2) is 0 Å². The van der Waals surface area contributed by atoms with Crippen molar-refractivity contribution in [3.63, 3.8) is 0 Å². The van der Waals surface area contributed by atoms with Crippen molar-refractivity contribution < 1.29 is 19.1 Å². The molecule has 1 rings (SSSR count). The smallest absolute Gasteiger partial charge is 0.303 e. The van der Waals surface area contributed by atoms with Crippen LogP contribution in [0.2, 0.25) is 0 Å². The number of carbonyl (C=O) groups excluding carboxylic acids is 2. The number of hydrogen-bond donors (Lipinski definition) is 0. The molecule has 0 fully saturated rings. The first-order valence-corrected chi connectivity index (χ1v) is 5.45. The van der Waals surface area contributed by atoms with E-state index in [0.717, 1.165) is 5.56 Å². The van der Waals surface area contributed by atoms with Crippen LogP contribution in [0.4, 0.5) is 0 Å². The Morgan fingerprint density at radius 2 is 1.76 bits per heavy atom. The molecule has 0 aromatic heterocycles. The molecule has 92 valence electrons. The zero-order valence-corrected chi connectivity index (χ0v) is 10.0. The first-order chi connectivity index (χ1) is 8.09. The molecule has 0 saturated carbocycles. The van der Waals surface area contributed by atoms with Crippen molar-refractivity contribution >= 4 is 11.9 Å². The lowest BCUT2D eigenvalue weighted by Crippen LogP contribution is -2.12. The second kappa shape index (κ2) is 6.68. The van der Waals surface area contributed by atoms with Crippen molar-refractivity contribution in [2.45, 2.75) is 26.4 Å². The second-order valence-electron chi connectivity index (χ2n) is 3.64. The van der Waals surface area contributed by atoms with Crippen molar-refractivity contribution in [1.29, 1.82) is 0 Å². The van der Waals surface area contributed by atoms with E-state index < -0.39 is 0 Å². The third kappa shape index (κ3) is 5.15. The number of hydrogen-bond acceptors (Lipinski definition) is 4. The van der Waals surface area contributed by atoms with Crippen LogP contribution in [0.3, 0.4) is 0 Å². The minimum Gasteiger partial charge on any atom is -0.466 e. The van der Waals surface area contributed by atoms with Crippen LogP contribution in [0.25, 0.3) is 0 Å². The molecule has 0 radical (unpaired) electrons. The molecule has 0 spiro atoms. The predicted octanol–water partition coefficient (Wildman–Crippen LogP) is 2.24. The highest BCUT2D eigenvalue weighted by molar-refractivity contribution is 5.66. The molecule has 4 heteroatoms. The van der Waals surface area contributed by atoms with Gasteiger partial charge in [-0.2, -0.15) is 0 Å². The van der Waals surface area contributed by atoms with Gasteiger partial charge in [0.2, 0.25) is 0 Å². The summed E-state index contributed by atoms with van der Waals surface area (Å²) in [6.07, 6.45) is 0.0939. The Kier molecular flexibility index (Phi) is 5.20. The summed E-state index contributed by atoms with van der Waals surface area (Å²) in [5, 5.41) is 0. The zero-order chi connectivity index (χ0) is 12.7. The summed E-state index contributed by atoms with van der Waals surface area (Å²) < 4.78 is 10.0. The quantitative estimate of drug-likeness (QED) is 0.736. The van der Waals surface area contributed by atoms with E-state index in [4.69, 9.17) is 9.47 Å². The van der Waals surface area contributed by atoms with E-state index in [1.54, 1.807) is 0 Å². The fraction of sp³-hybridized carbons (Fsp3) is 0.385. The van der Waals surface area contributed by atoms with Gasteiger partial charge in [-0.15, -0.1) is 0 Å². The number of benzene rings is 1. The molecule has 0 heterocycles. The van der Waals surface area contributed by atoms with Crippen LogP contribution in [-0.4, -0.2) is 18.5 Å². The number of carbonyl (C=O) groups is 2. The van der Waals surface area contributed by atoms with Crippen molar-refractivity contribution in [2.75, 3.05) is 6.61 Å². The topological polar surface area (TPSA) is 52.6 Å². The molecule has 0 bridgehead atoms. The monoisotopic (exact) mass is 236 g/mol. The van der Waals surface area contributed by atoms with Gasteiger partial charge in [0.1, 0.15) is 6.10 Å². The second-order valence-corrected chi connectivity index (χ2v) is 3.64. The van der Waals surface area contributed by atoms with Crippen molar-refractivity contribution in [2.24, 2.45) is 0 Å². The first kappa shape index (κ1) is 13.2. The molecule has 0 amide bonds. The maximum atomic E-state index is 11.0. The average Bonchev–Trinajstić information content (AvgIpc) is 2.28. The molecule has 4 nitrogen and oxygen atoms in total. The summed E-state index contributed by atoms with van der Waals surface area (Å²) in [6.45, 7) is 2.95. The van der Waals surface area contributed by atoms with Crippen LogP contribution in [-0.2, 0) is 19.1 Å². The van der Waals surface area contributed by atoms with Gasteiger partial charge >= 0.3 is 11.9 Å². The molecule has 17 heavy (non-hydrogen) atoms. The Bertz CT molecular complexity index is 372. The van der Waals surface area contributed by atoms with Gasteiger partial charge in [0, 0.05) is 20.3 Å². The van der Waals surface area contributed by atoms with Gasteiger partial charge in [-0.1, -0.05) is 30.3 Å². The minimum absolute atomic E-state index is 0.238. The van der Waals surface area contributed by atoms with Gasteiger partial charge in [-0.05, 0) is 5.56 Å². The normalized spacial score (nSPS) is 11.6. The lowest BCUT2D eigenvalue weighted by atomic mass is 10.1. The van der Waals surface area contributed by atoms with Gasteiger partial charge in [0.05, 0.1) is 6.61 Å². The van der Waals surface area contributed by atoms with E-state index in [-0.39, 0.29) is 24.6 Å². The standard InChI is InChI=1S/C13H16O4/c1-10(14)16-9-8-13(17-11(2)15)12-6-4-3-5-7-12/h3-7,13H,8-9H2,1-2H3. The lowest BCUT2D eigenvalue weighted by Gasteiger charge is -2.17. The van der Waals surface area contributed by atoms with Crippen LogP contribution in [0.15, 0.2) is 30.3 Å². The highest BCUT2D eigenvalue weighted by Gasteiger charge is 2.14. The largest absolute Gasteiger partial charge is 0.466 e. The fourth-order valence-electron chi connectivity index (χ4n) is 1.47. The van der Waals surface area contributed by atoms with Crippen molar-refractivity contribution in [3.05, 3.63) is 35.9 Å². The number of esters is 2. The highest BCUT2D eigenvalue weighted by atomic mass is 16.6. The van der Waals surface area contributed by atoms with Crippen LogP contribution >= 0.6 is 0 Å². The zero-order valence-electron chi connectivity index (χ0n) is 10.0. The van der Waals surface area contributed by atoms with Crippen LogP contribution in [0, 0.1) is 0 Å². The predicted molar refractivity (Wildman–Crippen MR) is 62.2 cm³/mol. The average molecular weight is 236 g/mol. The Balaban J connectivity index is 2.61. The molecule has 0 aliphatic rings. The molecule has 1 atom stereocenters. The van der Waals surface area contributed by atoms with Gasteiger partial charge < -0.3 is 9.47 Å². The number of ether oxygens (including phenoxy) is 2. The molecular weight excluding hydrogens is 220 g/mol. The number of rotatable bonds is 5. The highest BCUT2D eigenvalue weighted by Crippen LogP contribution is 2.21. The Morgan fingerprint density at radius 1 is 1.12 bits per heavy atom. The van der Waals surface area contributed by atoms with E-state index in [1.165, 1.54) is 13.8 Å². The van der Waals surface area contributed by atoms with Gasteiger partial charge in [-0.3, -0.25) is 9.59 Å². The summed E-state index contributed by atoms with van der Waals surface area (Å²) in [7, 11) is 0. The van der Waals surface area contributed by atoms with Crippen molar-refractivity contribution in [3.8, 4) is 0 Å². The van der Waals surface area contributed by atoms with Crippen LogP contribution in [0.5, 0.6) is 0 Å².